The topological polar surface area (TPSA) is 360 Å². The molecule has 72 heavy (non-hydrogen) atoms. The molecule has 0 fully saturated rings. The van der Waals surface area contributed by atoms with Gasteiger partial charge in [-0.1, -0.05) is 38.5 Å². The highest BCUT2D eigenvalue weighted by molar-refractivity contribution is 5.78. The number of nitrogens with one attached hydrogen (secondary N) is 4. The molecule has 0 rings (SSSR count). The monoisotopic (exact) mass is 1070 g/mol. The number of amides is 4. The normalized spacial score (nSPS) is 11.2. The average molecular weight is 1070 g/mol. The second kappa shape index (κ2) is 44.6. The molecule has 0 spiro atoms. The Morgan fingerprint density at radius 1 is 0.417 bits per heavy atom. The standard InChI is InChI=1S/C35H69N7O9.3C2HF3O2/c1-48-34(47)14-9-7-5-3-2-4-6-8-13-33(46)42-35(27-49-24-15-30(43)39-21-10-18-36,28-50-25-16-31(44)40-22-11-19-37)29-51-26-17-32(45)41-23-12-20-38;3*3-2(4,5)1(6)7/h2-29,36-38H2,1H3,(H,39,43)(H,40,44)(H,41,45)(H,42,46);3*(H,6,7). The number of carbonyl (C=O) groups excluding carboxylic acids is 5. The van der Waals surface area contributed by atoms with Crippen molar-refractivity contribution in [1.82, 2.24) is 21.3 Å². The van der Waals surface area contributed by atoms with E-state index in [0.29, 0.717) is 71.4 Å². The van der Waals surface area contributed by atoms with Crippen molar-refractivity contribution in [2.75, 3.05) is 86.0 Å². The van der Waals surface area contributed by atoms with Gasteiger partial charge in [0.25, 0.3) is 0 Å². The molecule has 0 atom stereocenters. The third-order valence-electron chi connectivity index (χ3n) is 8.56. The van der Waals surface area contributed by atoms with E-state index in [1.165, 1.54) is 7.11 Å². The highest BCUT2D eigenvalue weighted by Crippen LogP contribution is 2.16. The van der Waals surface area contributed by atoms with Crippen LogP contribution in [0.5, 0.6) is 0 Å². The summed E-state index contributed by atoms with van der Waals surface area (Å²) in [6.45, 7) is 3.11. The number of ether oxygens (including phenoxy) is 4. The van der Waals surface area contributed by atoms with Gasteiger partial charge in [-0.15, -0.1) is 0 Å². The lowest BCUT2D eigenvalue weighted by molar-refractivity contribution is -0.193. The van der Waals surface area contributed by atoms with Crippen LogP contribution in [0.15, 0.2) is 0 Å². The summed E-state index contributed by atoms with van der Waals surface area (Å²) < 4.78 is 118. The molecule has 0 heterocycles. The smallest absolute Gasteiger partial charge is 0.475 e. The van der Waals surface area contributed by atoms with Crippen molar-refractivity contribution < 1.29 is 112 Å². The fourth-order valence-electron chi connectivity index (χ4n) is 4.86. The van der Waals surface area contributed by atoms with E-state index in [1.807, 2.05) is 0 Å². The molecule has 13 N–H and O–H groups in total. The number of carboxylic acid groups (broad SMARTS) is 3. The first-order chi connectivity index (χ1) is 33.5. The van der Waals surface area contributed by atoms with Crippen LogP contribution in [0, 0.1) is 0 Å². The molecule has 4 amide bonds. The van der Waals surface area contributed by atoms with Crippen LogP contribution in [0.4, 0.5) is 39.5 Å². The molecule has 0 aliphatic carbocycles. The van der Waals surface area contributed by atoms with E-state index >= 15 is 0 Å². The lowest BCUT2D eigenvalue weighted by Crippen LogP contribution is -2.58. The minimum Gasteiger partial charge on any atom is -0.475 e. The summed E-state index contributed by atoms with van der Waals surface area (Å²) in [4.78, 5) is 87.8. The number of methoxy groups -OCH3 is 1. The van der Waals surface area contributed by atoms with Gasteiger partial charge in [0.2, 0.25) is 23.6 Å². The van der Waals surface area contributed by atoms with Crippen molar-refractivity contribution in [3.8, 4) is 0 Å². The van der Waals surface area contributed by atoms with E-state index in [2.05, 4.69) is 26.0 Å². The molecule has 0 aromatic carbocycles. The largest absolute Gasteiger partial charge is 0.490 e. The molecule has 0 aromatic heterocycles. The molecule has 0 aliphatic rings. The van der Waals surface area contributed by atoms with Crippen LogP contribution < -0.4 is 38.5 Å². The van der Waals surface area contributed by atoms with Gasteiger partial charge in [-0.05, 0) is 51.7 Å². The Hall–Kier alpha value is -5.11. The Kier molecular flexibility index (Phi) is 45.5. The van der Waals surface area contributed by atoms with Crippen molar-refractivity contribution >= 4 is 47.5 Å². The molecular weight excluding hydrogens is 1000 g/mol. The molecule has 0 unspecified atom stereocenters. The van der Waals surface area contributed by atoms with E-state index in [0.717, 1.165) is 44.9 Å². The zero-order valence-corrected chi connectivity index (χ0v) is 40.2. The Bertz CT molecular complexity index is 1380. The Balaban J connectivity index is -0.000000904. The maximum absolute atomic E-state index is 13.3. The predicted octanol–water partition coefficient (Wildman–Crippen LogP) is 2.43. The van der Waals surface area contributed by atoms with Gasteiger partial charge in [0.05, 0.1) is 46.8 Å². The van der Waals surface area contributed by atoms with Gasteiger partial charge in [-0.3, -0.25) is 24.0 Å². The first-order valence-electron chi connectivity index (χ1n) is 22.5. The maximum Gasteiger partial charge on any atom is 0.490 e. The van der Waals surface area contributed by atoms with Gasteiger partial charge >= 0.3 is 42.4 Å². The molecule has 0 bridgehead atoms. The second-order valence-electron chi connectivity index (χ2n) is 15.0. The van der Waals surface area contributed by atoms with Crippen LogP contribution >= 0.6 is 0 Å². The van der Waals surface area contributed by atoms with Gasteiger partial charge in [-0.25, -0.2) is 14.4 Å². The van der Waals surface area contributed by atoms with Gasteiger partial charge in [0.1, 0.15) is 5.54 Å². The first kappa shape index (κ1) is 73.4. The van der Waals surface area contributed by atoms with Crippen LogP contribution in [-0.4, -0.2) is 173 Å². The molecule has 424 valence electrons. The van der Waals surface area contributed by atoms with Crippen LogP contribution in [0.2, 0.25) is 0 Å². The van der Waals surface area contributed by atoms with Crippen molar-refractivity contribution in [2.45, 2.75) is 127 Å². The van der Waals surface area contributed by atoms with Gasteiger partial charge in [0.15, 0.2) is 0 Å². The number of unbranched alkanes of at least 4 members (excludes halogenated alkanes) is 7. The van der Waals surface area contributed by atoms with Gasteiger partial charge < -0.3 is 72.7 Å². The predicted molar refractivity (Wildman–Crippen MR) is 236 cm³/mol. The Morgan fingerprint density at radius 3 is 0.931 bits per heavy atom. The minimum atomic E-state index is -5.08. The first-order valence-corrected chi connectivity index (χ1v) is 22.5. The highest BCUT2D eigenvalue weighted by Gasteiger charge is 2.39. The zero-order valence-electron chi connectivity index (χ0n) is 40.2. The SMILES string of the molecule is COC(=O)CCCCCCCCCCC(=O)NC(COCCC(=O)NCCCN)(COCCC(=O)NCCCN)COCCC(=O)NCCCN.O=C(O)C(F)(F)F.O=C(O)C(F)(F)F.O=C(O)C(F)(F)F. The lowest BCUT2D eigenvalue weighted by atomic mass is 10.0. The molecule has 0 saturated carbocycles. The van der Waals surface area contributed by atoms with Crippen LogP contribution in [0.3, 0.4) is 0 Å². The number of esters is 1. The third-order valence-corrected chi connectivity index (χ3v) is 8.56. The van der Waals surface area contributed by atoms with Crippen molar-refractivity contribution in [1.29, 1.82) is 0 Å². The van der Waals surface area contributed by atoms with Crippen LogP contribution in [0.25, 0.3) is 0 Å². The van der Waals surface area contributed by atoms with E-state index in [1.54, 1.807) is 0 Å². The third kappa shape index (κ3) is 51.3. The summed E-state index contributed by atoms with van der Waals surface area (Å²) in [5.41, 5.74) is 15.4. The summed E-state index contributed by atoms with van der Waals surface area (Å²) >= 11 is 0. The summed E-state index contributed by atoms with van der Waals surface area (Å²) in [7, 11) is 1.40. The van der Waals surface area contributed by atoms with E-state index in [4.69, 9.17) is 61.1 Å². The molecule has 22 nitrogen and oxygen atoms in total. The molecule has 0 radical (unpaired) electrons. The molecule has 0 aromatic rings. The molecule has 0 aliphatic heterocycles. The summed E-state index contributed by atoms with van der Waals surface area (Å²) in [6, 6.07) is 0. The second-order valence-corrected chi connectivity index (χ2v) is 15.0. The summed E-state index contributed by atoms with van der Waals surface area (Å²) in [6.07, 6.45) is -4.55. The van der Waals surface area contributed by atoms with Gasteiger partial charge in [0, 0.05) is 51.7 Å². The highest BCUT2D eigenvalue weighted by atomic mass is 19.4. The van der Waals surface area contributed by atoms with E-state index in [-0.39, 0.29) is 94.9 Å². The molecule has 0 saturated heterocycles. The fourth-order valence-corrected chi connectivity index (χ4v) is 4.86. The Morgan fingerprint density at radius 2 is 0.681 bits per heavy atom. The quantitative estimate of drug-likeness (QED) is 0.0245. The fraction of sp³-hybridized carbons (Fsp3) is 0.805. The van der Waals surface area contributed by atoms with Gasteiger partial charge in [-0.2, -0.15) is 39.5 Å². The average Bonchev–Trinajstić information content (AvgIpc) is 3.28. The zero-order chi connectivity index (χ0) is 56.1. The molecular formula is C41H72F9N7O15. The number of rotatable bonds is 36. The number of carboxylic acids is 3. The van der Waals surface area contributed by atoms with Crippen molar-refractivity contribution in [2.24, 2.45) is 17.2 Å². The van der Waals surface area contributed by atoms with E-state index < -0.39 is 42.0 Å². The number of hydrogen-bond donors (Lipinski definition) is 10. The number of carbonyl (C=O) groups is 8. The van der Waals surface area contributed by atoms with Crippen LogP contribution in [0.1, 0.15) is 103 Å². The minimum absolute atomic E-state index is 0.0177. The van der Waals surface area contributed by atoms with Crippen LogP contribution in [-0.2, 0) is 57.3 Å². The van der Waals surface area contributed by atoms with Crippen molar-refractivity contribution in [3.63, 3.8) is 0 Å². The number of halogens is 9. The number of alkyl halides is 9. The maximum atomic E-state index is 13.3. The number of aliphatic carboxylic acids is 3. The summed E-state index contributed by atoms with van der Waals surface area (Å²) in [5, 5.41) is 32.8. The number of hydrogen-bond acceptors (Lipinski definition) is 15. The lowest BCUT2D eigenvalue weighted by Gasteiger charge is -2.34. The molecule has 31 heteroatoms. The summed E-state index contributed by atoms with van der Waals surface area (Å²) in [5.74, 6) is -9.17. The van der Waals surface area contributed by atoms with Crippen molar-refractivity contribution in [3.05, 3.63) is 0 Å². The Labute approximate surface area is 410 Å². The number of nitrogens with two attached hydrogens (primary N) is 3. The van der Waals surface area contributed by atoms with E-state index in [9.17, 15) is 63.5 Å².